The Hall–Kier alpha value is -2.60. The van der Waals surface area contributed by atoms with Crippen molar-refractivity contribution in [1.29, 1.82) is 0 Å². The third-order valence-corrected chi connectivity index (χ3v) is 4.48. The molecule has 1 atom stereocenters. The third-order valence-electron chi connectivity index (χ3n) is 4.48. The Kier molecular flexibility index (Phi) is 4.07. The summed E-state index contributed by atoms with van der Waals surface area (Å²) in [7, 11) is 0. The fraction of sp³-hybridized carbons (Fsp3) is 0.400. The fourth-order valence-electron chi connectivity index (χ4n) is 3.29. The van der Waals surface area contributed by atoms with Gasteiger partial charge in [0.1, 0.15) is 17.4 Å². The molecule has 1 N–H and O–H groups in total. The highest BCUT2D eigenvalue weighted by molar-refractivity contribution is 6.05. The molecule has 2 aromatic heterocycles. The van der Waals surface area contributed by atoms with Gasteiger partial charge in [-0.05, 0) is 50.6 Å². The number of carbonyl (C=O) groups excluding carboxylic acids is 1. The van der Waals surface area contributed by atoms with Gasteiger partial charge in [0.25, 0.3) is 0 Å². The van der Waals surface area contributed by atoms with E-state index in [2.05, 4.69) is 22.1 Å². The van der Waals surface area contributed by atoms with Crippen LogP contribution in [0.1, 0.15) is 32.4 Å². The highest BCUT2D eigenvalue weighted by atomic mass is 16.6. The zero-order valence-electron chi connectivity index (χ0n) is 15.3. The summed E-state index contributed by atoms with van der Waals surface area (Å²) < 4.78 is 11.4. The van der Waals surface area contributed by atoms with Crippen molar-refractivity contribution >= 4 is 28.0 Å². The Balaban J connectivity index is 1.60. The first-order valence-electron chi connectivity index (χ1n) is 8.86. The molecule has 3 aromatic rings. The lowest BCUT2D eigenvalue weighted by Crippen LogP contribution is -2.44. The SMILES string of the molecule is CC(C)(C)OC(=O)N1CCO[C@@H](c2ccc3[nH]c4ncccc4c3c2)C1. The molecular weight excluding hydrogens is 330 g/mol. The van der Waals surface area contributed by atoms with E-state index in [4.69, 9.17) is 9.47 Å². The molecule has 0 aliphatic carbocycles. The summed E-state index contributed by atoms with van der Waals surface area (Å²) in [6.45, 7) is 7.16. The second-order valence-corrected chi connectivity index (χ2v) is 7.62. The van der Waals surface area contributed by atoms with Gasteiger partial charge in [-0.25, -0.2) is 9.78 Å². The van der Waals surface area contributed by atoms with Gasteiger partial charge in [-0.3, -0.25) is 0 Å². The van der Waals surface area contributed by atoms with Crippen molar-refractivity contribution in [3.63, 3.8) is 0 Å². The van der Waals surface area contributed by atoms with Crippen molar-refractivity contribution < 1.29 is 14.3 Å². The summed E-state index contributed by atoms with van der Waals surface area (Å²) >= 11 is 0. The van der Waals surface area contributed by atoms with Gasteiger partial charge in [-0.15, -0.1) is 0 Å². The molecule has 0 radical (unpaired) electrons. The molecule has 1 amide bonds. The standard InChI is InChI=1S/C20H23N3O3/c1-20(2,3)26-19(24)23-9-10-25-17(12-23)13-6-7-16-15(11-13)14-5-4-8-21-18(14)22-16/h4-8,11,17H,9-10,12H2,1-3H3,(H,21,22)/t17-/m1/s1. The second kappa shape index (κ2) is 6.29. The number of nitrogens with one attached hydrogen (secondary N) is 1. The number of hydrogen-bond acceptors (Lipinski definition) is 4. The fourth-order valence-corrected chi connectivity index (χ4v) is 3.29. The van der Waals surface area contributed by atoms with Crippen molar-refractivity contribution in [2.45, 2.75) is 32.5 Å². The molecule has 1 aliphatic heterocycles. The first-order chi connectivity index (χ1) is 12.4. The van der Waals surface area contributed by atoms with Gasteiger partial charge in [-0.2, -0.15) is 0 Å². The first kappa shape index (κ1) is 16.8. The molecule has 1 fully saturated rings. The van der Waals surface area contributed by atoms with E-state index in [1.54, 1.807) is 11.1 Å². The number of ether oxygens (including phenoxy) is 2. The lowest BCUT2D eigenvalue weighted by molar-refractivity contribution is -0.0432. The number of H-pyrrole nitrogens is 1. The predicted molar refractivity (Wildman–Crippen MR) is 100 cm³/mol. The molecule has 26 heavy (non-hydrogen) atoms. The van der Waals surface area contributed by atoms with E-state index < -0.39 is 5.60 Å². The minimum atomic E-state index is -0.499. The molecule has 0 saturated carbocycles. The molecule has 4 rings (SSSR count). The normalized spacial score (nSPS) is 18.4. The average molecular weight is 353 g/mol. The summed E-state index contributed by atoms with van der Waals surface area (Å²) in [4.78, 5) is 21.8. The lowest BCUT2D eigenvalue weighted by atomic mass is 10.0. The van der Waals surface area contributed by atoms with Crippen molar-refractivity contribution in [3.8, 4) is 0 Å². The molecular formula is C20H23N3O3. The van der Waals surface area contributed by atoms with Crippen LogP contribution in [0.15, 0.2) is 36.5 Å². The Morgan fingerprint density at radius 1 is 1.31 bits per heavy atom. The zero-order chi connectivity index (χ0) is 18.3. The van der Waals surface area contributed by atoms with Crippen LogP contribution in [-0.2, 0) is 9.47 Å². The maximum Gasteiger partial charge on any atom is 0.410 e. The van der Waals surface area contributed by atoms with E-state index in [1.165, 1.54) is 0 Å². The summed E-state index contributed by atoms with van der Waals surface area (Å²) in [6, 6.07) is 10.2. The van der Waals surface area contributed by atoms with Gasteiger partial charge in [-0.1, -0.05) is 6.07 Å². The molecule has 1 aliphatic rings. The van der Waals surface area contributed by atoms with E-state index >= 15 is 0 Å². The monoisotopic (exact) mass is 353 g/mol. The van der Waals surface area contributed by atoms with Crippen LogP contribution in [0.25, 0.3) is 21.9 Å². The summed E-state index contributed by atoms with van der Waals surface area (Å²) in [5.41, 5.74) is 2.47. The van der Waals surface area contributed by atoms with E-state index in [1.807, 2.05) is 39.0 Å². The number of morpholine rings is 1. The number of carbonyl (C=O) groups is 1. The van der Waals surface area contributed by atoms with Crippen LogP contribution in [0.2, 0.25) is 0 Å². The summed E-state index contributed by atoms with van der Waals surface area (Å²) in [5, 5.41) is 2.20. The van der Waals surface area contributed by atoms with Gasteiger partial charge >= 0.3 is 6.09 Å². The summed E-state index contributed by atoms with van der Waals surface area (Å²) in [6.07, 6.45) is 1.33. The molecule has 3 heterocycles. The number of nitrogens with zero attached hydrogens (tertiary/aromatic N) is 2. The summed E-state index contributed by atoms with van der Waals surface area (Å²) in [5.74, 6) is 0. The van der Waals surface area contributed by atoms with E-state index in [9.17, 15) is 4.79 Å². The largest absolute Gasteiger partial charge is 0.444 e. The van der Waals surface area contributed by atoms with Crippen LogP contribution in [0.3, 0.4) is 0 Å². The van der Waals surface area contributed by atoms with Crippen molar-refractivity contribution in [2.24, 2.45) is 0 Å². The van der Waals surface area contributed by atoms with Crippen LogP contribution in [-0.4, -0.2) is 46.3 Å². The molecule has 1 aromatic carbocycles. The van der Waals surface area contributed by atoms with Crippen molar-refractivity contribution in [1.82, 2.24) is 14.9 Å². The topological polar surface area (TPSA) is 67.4 Å². The number of benzene rings is 1. The van der Waals surface area contributed by atoms with Crippen LogP contribution in [0.5, 0.6) is 0 Å². The first-order valence-corrected chi connectivity index (χ1v) is 8.86. The van der Waals surface area contributed by atoms with Crippen LogP contribution in [0, 0.1) is 0 Å². The van der Waals surface area contributed by atoms with E-state index in [0.29, 0.717) is 19.7 Å². The molecule has 6 heteroatoms. The predicted octanol–water partition coefficient (Wildman–Crippen LogP) is 4.02. The van der Waals surface area contributed by atoms with Gasteiger partial charge < -0.3 is 19.4 Å². The van der Waals surface area contributed by atoms with E-state index in [0.717, 1.165) is 27.5 Å². The maximum atomic E-state index is 12.4. The van der Waals surface area contributed by atoms with Crippen LogP contribution < -0.4 is 0 Å². The van der Waals surface area contributed by atoms with Gasteiger partial charge in [0.15, 0.2) is 0 Å². The van der Waals surface area contributed by atoms with Gasteiger partial charge in [0, 0.05) is 29.0 Å². The number of hydrogen-bond donors (Lipinski definition) is 1. The second-order valence-electron chi connectivity index (χ2n) is 7.62. The molecule has 0 bridgehead atoms. The molecule has 0 spiro atoms. The third kappa shape index (κ3) is 3.24. The zero-order valence-corrected chi connectivity index (χ0v) is 15.3. The minimum absolute atomic E-state index is 0.165. The Bertz CT molecular complexity index is 958. The maximum absolute atomic E-state index is 12.4. The van der Waals surface area contributed by atoms with Crippen molar-refractivity contribution in [3.05, 3.63) is 42.1 Å². The van der Waals surface area contributed by atoms with Crippen LogP contribution in [0.4, 0.5) is 4.79 Å². The number of aromatic nitrogens is 2. The Labute approximate surface area is 152 Å². The van der Waals surface area contributed by atoms with Gasteiger partial charge in [0.05, 0.1) is 13.2 Å². The number of rotatable bonds is 1. The Morgan fingerprint density at radius 2 is 2.15 bits per heavy atom. The van der Waals surface area contributed by atoms with E-state index in [-0.39, 0.29) is 12.2 Å². The number of fused-ring (bicyclic) bond motifs is 3. The molecule has 0 unspecified atom stereocenters. The Morgan fingerprint density at radius 3 is 2.96 bits per heavy atom. The molecule has 1 saturated heterocycles. The number of amides is 1. The smallest absolute Gasteiger partial charge is 0.410 e. The number of pyridine rings is 1. The highest BCUT2D eigenvalue weighted by Crippen LogP contribution is 2.30. The lowest BCUT2D eigenvalue weighted by Gasteiger charge is -2.34. The number of aromatic amines is 1. The minimum Gasteiger partial charge on any atom is -0.444 e. The van der Waals surface area contributed by atoms with Crippen molar-refractivity contribution in [2.75, 3.05) is 19.7 Å². The van der Waals surface area contributed by atoms with Crippen LogP contribution >= 0.6 is 0 Å². The van der Waals surface area contributed by atoms with Gasteiger partial charge in [0.2, 0.25) is 0 Å². The average Bonchev–Trinajstić information content (AvgIpc) is 2.98. The quantitative estimate of drug-likeness (QED) is 0.717. The highest BCUT2D eigenvalue weighted by Gasteiger charge is 2.29. The molecule has 6 nitrogen and oxygen atoms in total. The molecule has 136 valence electrons.